The van der Waals surface area contributed by atoms with Gasteiger partial charge in [-0.25, -0.2) is 0 Å². The molecule has 1 aliphatic heterocycles. The van der Waals surface area contributed by atoms with Crippen molar-refractivity contribution >= 4 is 5.97 Å². The average Bonchev–Trinajstić information content (AvgIpc) is 2.61. The Morgan fingerprint density at radius 2 is 1.67 bits per heavy atom. The first kappa shape index (κ1) is 16.7. The molecule has 0 aliphatic carbocycles. The summed E-state index contributed by atoms with van der Waals surface area (Å²) >= 11 is 0. The molecule has 0 saturated carbocycles. The van der Waals surface area contributed by atoms with Gasteiger partial charge < -0.3 is 9.47 Å². The molecule has 0 radical (unpaired) electrons. The lowest BCUT2D eigenvalue weighted by Crippen LogP contribution is -2.43. The summed E-state index contributed by atoms with van der Waals surface area (Å²) in [7, 11) is 2.04. The summed E-state index contributed by atoms with van der Waals surface area (Å²) in [4.78, 5) is 13.5. The van der Waals surface area contributed by atoms with Gasteiger partial charge in [-0.15, -0.1) is 0 Å². The van der Waals surface area contributed by atoms with Crippen LogP contribution in [0.2, 0.25) is 0 Å². The number of carbonyl (C=O) groups excluding carboxylic acids is 1. The number of rotatable bonds is 4. The van der Waals surface area contributed by atoms with Crippen LogP contribution in [0, 0.1) is 5.92 Å². The highest BCUT2D eigenvalue weighted by atomic mass is 16.5. The van der Waals surface area contributed by atoms with Crippen molar-refractivity contribution in [1.29, 1.82) is 0 Å². The summed E-state index contributed by atoms with van der Waals surface area (Å²) < 4.78 is 11.5. The highest BCUT2D eigenvalue weighted by molar-refractivity contribution is 5.65. The number of hydrogen-bond donors (Lipinski definition) is 0. The molecule has 0 bridgehead atoms. The Morgan fingerprint density at radius 3 is 2.25 bits per heavy atom. The van der Waals surface area contributed by atoms with E-state index in [0.29, 0.717) is 13.3 Å². The van der Waals surface area contributed by atoms with E-state index in [1.54, 1.807) is 0 Å². The van der Waals surface area contributed by atoms with Gasteiger partial charge in [0.25, 0.3) is 0 Å². The molecule has 0 N–H and O–H groups in total. The molecule has 4 heteroatoms. The third kappa shape index (κ3) is 3.66. The van der Waals surface area contributed by atoms with Crippen LogP contribution in [0.25, 0.3) is 0 Å². The first-order chi connectivity index (χ1) is 11.7. The van der Waals surface area contributed by atoms with E-state index in [2.05, 4.69) is 29.2 Å². The van der Waals surface area contributed by atoms with Gasteiger partial charge in [0.1, 0.15) is 6.73 Å². The molecule has 1 aliphatic rings. The van der Waals surface area contributed by atoms with Crippen LogP contribution in [-0.4, -0.2) is 31.3 Å². The summed E-state index contributed by atoms with van der Waals surface area (Å²) in [6, 6.07) is 20.6. The summed E-state index contributed by atoms with van der Waals surface area (Å²) in [5.41, 5.74) is 2.32. The molecule has 2 aromatic rings. The van der Waals surface area contributed by atoms with Gasteiger partial charge in [-0.2, -0.15) is 0 Å². The fraction of sp³-hybridized carbons (Fsp3) is 0.350. The van der Waals surface area contributed by atoms with E-state index in [-0.39, 0.29) is 24.0 Å². The second-order valence-electron chi connectivity index (χ2n) is 6.21. The average molecular weight is 325 g/mol. The smallest absolute Gasteiger partial charge is 0.302 e. The number of ether oxygens (including phenoxy) is 2. The van der Waals surface area contributed by atoms with E-state index >= 15 is 0 Å². The second-order valence-corrected chi connectivity index (χ2v) is 6.21. The Hall–Kier alpha value is -2.17. The third-order valence-electron chi connectivity index (χ3n) is 4.48. The van der Waals surface area contributed by atoms with Crippen LogP contribution in [0.15, 0.2) is 60.7 Å². The lowest BCUT2D eigenvalue weighted by molar-refractivity contribution is -0.161. The van der Waals surface area contributed by atoms with Gasteiger partial charge in [0.15, 0.2) is 0 Å². The maximum absolute atomic E-state index is 11.4. The molecule has 3 atom stereocenters. The van der Waals surface area contributed by atoms with Crippen molar-refractivity contribution in [3.05, 3.63) is 71.8 Å². The van der Waals surface area contributed by atoms with Crippen molar-refractivity contribution in [1.82, 2.24) is 4.90 Å². The Balaban J connectivity index is 1.95. The van der Waals surface area contributed by atoms with Crippen LogP contribution in [-0.2, 0) is 14.3 Å². The largest absolute Gasteiger partial charge is 0.465 e. The van der Waals surface area contributed by atoms with Crippen LogP contribution in [0.1, 0.15) is 30.2 Å². The fourth-order valence-corrected chi connectivity index (χ4v) is 3.42. The normalized spacial score (nSPS) is 24.5. The molecule has 0 aromatic heterocycles. The van der Waals surface area contributed by atoms with Gasteiger partial charge in [-0.05, 0) is 18.2 Å². The van der Waals surface area contributed by atoms with Crippen molar-refractivity contribution < 1.29 is 14.3 Å². The molecule has 3 unspecified atom stereocenters. The fourth-order valence-electron chi connectivity index (χ4n) is 3.42. The van der Waals surface area contributed by atoms with Gasteiger partial charge in [0.05, 0.1) is 12.7 Å². The van der Waals surface area contributed by atoms with Crippen molar-refractivity contribution in [3.8, 4) is 0 Å². The highest BCUT2D eigenvalue weighted by Crippen LogP contribution is 2.42. The Labute approximate surface area is 143 Å². The van der Waals surface area contributed by atoms with Gasteiger partial charge in [-0.1, -0.05) is 60.7 Å². The van der Waals surface area contributed by atoms with Crippen molar-refractivity contribution in [2.45, 2.75) is 19.1 Å². The molecule has 1 saturated heterocycles. The zero-order valence-electron chi connectivity index (χ0n) is 14.1. The quantitative estimate of drug-likeness (QED) is 0.806. The molecule has 2 aromatic carbocycles. The summed E-state index contributed by atoms with van der Waals surface area (Å²) in [6.45, 7) is 2.32. The molecule has 0 amide bonds. The second kappa shape index (κ2) is 7.60. The van der Waals surface area contributed by atoms with E-state index in [0.717, 1.165) is 5.56 Å². The van der Waals surface area contributed by atoms with Crippen molar-refractivity contribution in [3.63, 3.8) is 0 Å². The standard InChI is InChI=1S/C20H23NO3/c1-15(22)23-13-18-19(16-9-5-3-6-10-16)21(2)14-24-20(18)17-11-7-4-8-12-17/h3-12,18-20H,13-14H2,1-2H3. The van der Waals surface area contributed by atoms with Crippen LogP contribution >= 0.6 is 0 Å². The van der Waals surface area contributed by atoms with E-state index in [4.69, 9.17) is 9.47 Å². The van der Waals surface area contributed by atoms with E-state index in [1.807, 2.05) is 43.4 Å². The molecule has 1 heterocycles. The topological polar surface area (TPSA) is 38.8 Å². The third-order valence-corrected chi connectivity index (χ3v) is 4.48. The lowest BCUT2D eigenvalue weighted by Gasteiger charge is -2.44. The Bertz CT molecular complexity index is 659. The van der Waals surface area contributed by atoms with Gasteiger partial charge in [-0.3, -0.25) is 9.69 Å². The van der Waals surface area contributed by atoms with Gasteiger partial charge in [0.2, 0.25) is 0 Å². The maximum atomic E-state index is 11.4. The van der Waals surface area contributed by atoms with Crippen LogP contribution < -0.4 is 0 Å². The van der Waals surface area contributed by atoms with Crippen LogP contribution in [0.3, 0.4) is 0 Å². The van der Waals surface area contributed by atoms with Gasteiger partial charge >= 0.3 is 5.97 Å². The number of benzene rings is 2. The summed E-state index contributed by atoms with van der Waals surface area (Å²) in [5.74, 6) is -0.237. The lowest BCUT2D eigenvalue weighted by atomic mass is 9.84. The molecule has 3 rings (SSSR count). The number of esters is 1. The van der Waals surface area contributed by atoms with Crippen LogP contribution in [0.4, 0.5) is 0 Å². The molecular formula is C20H23NO3. The molecule has 126 valence electrons. The van der Waals surface area contributed by atoms with Crippen molar-refractivity contribution in [2.24, 2.45) is 5.92 Å². The minimum Gasteiger partial charge on any atom is -0.465 e. The predicted molar refractivity (Wildman–Crippen MR) is 92.2 cm³/mol. The van der Waals surface area contributed by atoms with Crippen LogP contribution in [0.5, 0.6) is 0 Å². The zero-order valence-corrected chi connectivity index (χ0v) is 14.1. The first-order valence-electron chi connectivity index (χ1n) is 8.22. The molecule has 4 nitrogen and oxygen atoms in total. The SMILES string of the molecule is CC(=O)OCC1C(c2ccccc2)OCN(C)C1c1ccccc1. The Kier molecular flexibility index (Phi) is 5.28. The number of nitrogens with zero attached hydrogens (tertiary/aromatic N) is 1. The minimum atomic E-state index is -0.262. The van der Waals surface area contributed by atoms with E-state index < -0.39 is 0 Å². The molecule has 24 heavy (non-hydrogen) atoms. The molecule has 0 spiro atoms. The van der Waals surface area contributed by atoms with Gasteiger partial charge in [0, 0.05) is 18.9 Å². The number of carbonyl (C=O) groups is 1. The Morgan fingerprint density at radius 1 is 1.08 bits per heavy atom. The first-order valence-corrected chi connectivity index (χ1v) is 8.22. The maximum Gasteiger partial charge on any atom is 0.302 e. The minimum absolute atomic E-state index is 0.0254. The zero-order chi connectivity index (χ0) is 16.9. The summed E-state index contributed by atoms with van der Waals surface area (Å²) in [5, 5.41) is 0. The highest BCUT2D eigenvalue weighted by Gasteiger charge is 2.39. The predicted octanol–water partition coefficient (Wildman–Crippen LogP) is 3.57. The molecule has 1 fully saturated rings. The van der Waals surface area contributed by atoms with E-state index in [9.17, 15) is 4.79 Å². The summed E-state index contributed by atoms with van der Waals surface area (Å²) in [6.07, 6.45) is -0.105. The monoisotopic (exact) mass is 325 g/mol. The molecular weight excluding hydrogens is 302 g/mol. The van der Waals surface area contributed by atoms with E-state index in [1.165, 1.54) is 12.5 Å². The van der Waals surface area contributed by atoms with Crippen molar-refractivity contribution in [2.75, 3.05) is 20.4 Å². The number of hydrogen-bond acceptors (Lipinski definition) is 4.